The zero-order valence-corrected chi connectivity index (χ0v) is 15.3. The van der Waals surface area contributed by atoms with Crippen LogP contribution in [0.3, 0.4) is 0 Å². The third kappa shape index (κ3) is 5.31. The van der Waals surface area contributed by atoms with E-state index in [-0.39, 0.29) is 12.4 Å². The van der Waals surface area contributed by atoms with E-state index in [4.69, 9.17) is 4.74 Å². The maximum Gasteiger partial charge on any atom is 0.327 e. The Morgan fingerprint density at radius 2 is 1.54 bits per heavy atom. The fraction of sp³-hybridized carbons (Fsp3) is 0.300. The van der Waals surface area contributed by atoms with Crippen LogP contribution in [0.5, 0.6) is 0 Å². The number of benzene rings is 2. The van der Waals surface area contributed by atoms with Gasteiger partial charge in [-0.15, -0.1) is 0 Å². The monoisotopic (exact) mass is 388 g/mol. The molecule has 0 bridgehead atoms. The quantitative estimate of drug-likeness (QED) is 0.291. The molecular formula is C20H21BrO3. The molecule has 4 heteroatoms. The van der Waals surface area contributed by atoms with E-state index in [0.717, 1.165) is 19.3 Å². The summed E-state index contributed by atoms with van der Waals surface area (Å²) in [5, 5.41) is 0. The van der Waals surface area contributed by atoms with Crippen molar-refractivity contribution in [2.75, 3.05) is 6.61 Å². The van der Waals surface area contributed by atoms with Crippen molar-refractivity contribution in [2.45, 2.75) is 31.0 Å². The number of ether oxygens (including phenoxy) is 1. The molecule has 2 aromatic carbocycles. The van der Waals surface area contributed by atoms with Crippen LogP contribution in [0.1, 0.15) is 34.8 Å². The first-order valence-electron chi connectivity index (χ1n) is 8.09. The summed E-state index contributed by atoms with van der Waals surface area (Å²) in [4.78, 5) is 22.9. The van der Waals surface area contributed by atoms with Gasteiger partial charge in [0.2, 0.25) is 0 Å². The summed E-state index contributed by atoms with van der Waals surface area (Å²) >= 11 is 3.11. The summed E-state index contributed by atoms with van der Waals surface area (Å²) in [6, 6.07) is 17.8. The maximum atomic E-state index is 12.2. The molecule has 0 aliphatic carbocycles. The van der Waals surface area contributed by atoms with Crippen molar-refractivity contribution < 1.29 is 14.3 Å². The SMILES string of the molecule is CCOC(=O)C(Br)C(=O)c1ccc(CCCc2ccccc2)cc1. The van der Waals surface area contributed by atoms with Crippen molar-refractivity contribution in [3.8, 4) is 0 Å². The Labute approximate surface area is 151 Å². The first kappa shape index (κ1) is 18.4. The second kappa shape index (κ2) is 9.38. The van der Waals surface area contributed by atoms with Crippen LogP contribution in [0.2, 0.25) is 0 Å². The maximum absolute atomic E-state index is 12.2. The van der Waals surface area contributed by atoms with Gasteiger partial charge < -0.3 is 4.74 Å². The number of carbonyl (C=O) groups excluding carboxylic acids is 2. The second-order valence-corrected chi connectivity index (χ2v) is 6.43. The molecule has 0 aromatic heterocycles. The topological polar surface area (TPSA) is 43.4 Å². The van der Waals surface area contributed by atoms with Gasteiger partial charge in [0.05, 0.1) is 6.61 Å². The van der Waals surface area contributed by atoms with E-state index in [9.17, 15) is 9.59 Å². The van der Waals surface area contributed by atoms with Gasteiger partial charge in [-0.2, -0.15) is 0 Å². The number of Topliss-reactive ketones (excluding diaryl/α,β-unsaturated/α-hetero) is 1. The van der Waals surface area contributed by atoms with Crippen molar-refractivity contribution in [1.82, 2.24) is 0 Å². The smallest absolute Gasteiger partial charge is 0.327 e. The lowest BCUT2D eigenvalue weighted by Gasteiger charge is -2.09. The molecule has 2 aromatic rings. The molecule has 0 N–H and O–H groups in total. The van der Waals surface area contributed by atoms with Gasteiger partial charge in [-0.05, 0) is 37.3 Å². The first-order valence-corrected chi connectivity index (χ1v) is 9.01. The Kier molecular flexibility index (Phi) is 7.19. The number of carbonyl (C=O) groups is 2. The van der Waals surface area contributed by atoms with Gasteiger partial charge in [0.25, 0.3) is 0 Å². The molecule has 0 spiro atoms. The lowest BCUT2D eigenvalue weighted by Crippen LogP contribution is -2.26. The average Bonchev–Trinajstić information content (AvgIpc) is 2.62. The molecule has 0 radical (unpaired) electrons. The second-order valence-electron chi connectivity index (χ2n) is 5.51. The van der Waals surface area contributed by atoms with Gasteiger partial charge in [-0.25, -0.2) is 0 Å². The lowest BCUT2D eigenvalue weighted by atomic mass is 10.0. The third-order valence-electron chi connectivity index (χ3n) is 3.74. The zero-order valence-electron chi connectivity index (χ0n) is 13.7. The predicted molar refractivity (Wildman–Crippen MR) is 98.6 cm³/mol. The van der Waals surface area contributed by atoms with Crippen LogP contribution in [0.15, 0.2) is 54.6 Å². The molecule has 0 saturated carbocycles. The molecule has 0 aliphatic rings. The molecule has 2 rings (SSSR count). The molecule has 126 valence electrons. The predicted octanol–water partition coefficient (Wildman–Crippen LogP) is 4.37. The van der Waals surface area contributed by atoms with Gasteiger partial charge >= 0.3 is 5.97 Å². The van der Waals surface area contributed by atoms with E-state index in [0.29, 0.717) is 5.56 Å². The fourth-order valence-electron chi connectivity index (χ4n) is 2.45. The largest absolute Gasteiger partial charge is 0.465 e. The standard InChI is InChI=1S/C20H21BrO3/c1-2-24-20(23)18(21)19(22)17-13-11-16(12-14-17)10-6-9-15-7-4-3-5-8-15/h3-5,7-8,11-14,18H,2,6,9-10H2,1H3. The third-order valence-corrected chi connectivity index (χ3v) is 4.53. The number of rotatable bonds is 8. The Balaban J connectivity index is 1.88. The molecule has 1 atom stereocenters. The Morgan fingerprint density at radius 3 is 2.12 bits per heavy atom. The van der Waals surface area contributed by atoms with Crippen molar-refractivity contribution in [2.24, 2.45) is 0 Å². The Morgan fingerprint density at radius 1 is 0.958 bits per heavy atom. The molecule has 24 heavy (non-hydrogen) atoms. The van der Waals surface area contributed by atoms with E-state index in [1.807, 2.05) is 18.2 Å². The van der Waals surface area contributed by atoms with Crippen molar-refractivity contribution in [1.29, 1.82) is 0 Å². The van der Waals surface area contributed by atoms with Gasteiger partial charge in [0.1, 0.15) is 0 Å². The summed E-state index contributed by atoms with van der Waals surface area (Å²) in [5.41, 5.74) is 3.03. The van der Waals surface area contributed by atoms with Crippen molar-refractivity contribution >= 4 is 27.7 Å². The van der Waals surface area contributed by atoms with Crippen LogP contribution in [-0.4, -0.2) is 23.2 Å². The summed E-state index contributed by atoms with van der Waals surface area (Å²) in [6.07, 6.45) is 3.05. The van der Waals surface area contributed by atoms with Gasteiger partial charge in [-0.3, -0.25) is 9.59 Å². The highest BCUT2D eigenvalue weighted by atomic mass is 79.9. The van der Waals surface area contributed by atoms with Crippen molar-refractivity contribution in [3.63, 3.8) is 0 Å². The molecule has 0 fully saturated rings. The fourth-order valence-corrected chi connectivity index (χ4v) is 2.84. The van der Waals surface area contributed by atoms with Crippen LogP contribution >= 0.6 is 15.9 Å². The minimum atomic E-state index is -0.943. The van der Waals surface area contributed by atoms with Crippen LogP contribution < -0.4 is 0 Å². The van der Waals surface area contributed by atoms with Crippen LogP contribution in [0, 0.1) is 0 Å². The van der Waals surface area contributed by atoms with Crippen LogP contribution in [0.25, 0.3) is 0 Å². The van der Waals surface area contributed by atoms with Crippen LogP contribution in [-0.2, 0) is 22.4 Å². The molecule has 3 nitrogen and oxygen atoms in total. The number of halogens is 1. The van der Waals surface area contributed by atoms with Crippen molar-refractivity contribution in [3.05, 3.63) is 71.3 Å². The minimum absolute atomic E-state index is 0.258. The van der Waals surface area contributed by atoms with E-state index < -0.39 is 10.8 Å². The van der Waals surface area contributed by atoms with Crippen LogP contribution in [0.4, 0.5) is 0 Å². The Bertz CT molecular complexity index is 665. The molecule has 0 aliphatic heterocycles. The van der Waals surface area contributed by atoms with Gasteiger partial charge in [0, 0.05) is 5.56 Å². The van der Waals surface area contributed by atoms with E-state index in [1.54, 1.807) is 19.1 Å². The highest BCUT2D eigenvalue weighted by molar-refractivity contribution is 9.10. The summed E-state index contributed by atoms with van der Waals surface area (Å²) < 4.78 is 4.86. The zero-order chi connectivity index (χ0) is 17.4. The molecule has 0 saturated heterocycles. The summed E-state index contributed by atoms with van der Waals surface area (Å²) in [7, 11) is 0. The highest BCUT2D eigenvalue weighted by Gasteiger charge is 2.25. The van der Waals surface area contributed by atoms with E-state index in [1.165, 1.54) is 11.1 Å². The number of hydrogen-bond acceptors (Lipinski definition) is 3. The van der Waals surface area contributed by atoms with Gasteiger partial charge in [0.15, 0.2) is 10.6 Å². The average molecular weight is 389 g/mol. The lowest BCUT2D eigenvalue weighted by molar-refractivity contribution is -0.141. The molecule has 0 amide bonds. The number of aryl methyl sites for hydroxylation is 2. The Hall–Kier alpha value is -1.94. The highest BCUT2D eigenvalue weighted by Crippen LogP contribution is 2.15. The normalized spacial score (nSPS) is 11.8. The van der Waals surface area contributed by atoms with Gasteiger partial charge in [-0.1, -0.05) is 70.5 Å². The molecular weight excluding hydrogens is 368 g/mol. The molecule has 0 heterocycles. The number of esters is 1. The van der Waals surface area contributed by atoms with E-state index in [2.05, 4.69) is 40.2 Å². The minimum Gasteiger partial charge on any atom is -0.465 e. The first-order chi connectivity index (χ1) is 11.6. The number of alkyl halides is 1. The number of ketones is 1. The van der Waals surface area contributed by atoms with E-state index >= 15 is 0 Å². The summed E-state index contributed by atoms with van der Waals surface area (Å²) in [5.74, 6) is -0.821. The summed E-state index contributed by atoms with van der Waals surface area (Å²) in [6.45, 7) is 1.97. The molecule has 1 unspecified atom stereocenters. The number of hydrogen-bond donors (Lipinski definition) is 0.